The van der Waals surface area contributed by atoms with Crippen LogP contribution >= 0.6 is 0 Å². The Balaban J connectivity index is 1.52. The highest BCUT2D eigenvalue weighted by Gasteiger charge is 2.89. The van der Waals surface area contributed by atoms with Crippen LogP contribution in [0.1, 0.15) is 69.9 Å². The van der Waals surface area contributed by atoms with E-state index in [9.17, 15) is 10.2 Å². The van der Waals surface area contributed by atoms with Gasteiger partial charge in [0.25, 0.3) is 0 Å². The second-order valence-electron chi connectivity index (χ2n) is 11.1. The number of aliphatic hydroxyl groups is 2. The first-order valence-corrected chi connectivity index (χ1v) is 11.6. The summed E-state index contributed by atoms with van der Waals surface area (Å²) >= 11 is 0. The van der Waals surface area contributed by atoms with Gasteiger partial charge in [-0.25, -0.2) is 0 Å². The van der Waals surface area contributed by atoms with Crippen LogP contribution in [-0.2, 0) is 15.9 Å². The van der Waals surface area contributed by atoms with Crippen molar-refractivity contribution in [3.63, 3.8) is 0 Å². The summed E-state index contributed by atoms with van der Waals surface area (Å²) in [6, 6.07) is 6.55. The summed E-state index contributed by atoms with van der Waals surface area (Å²) < 4.78 is 18.5. The fourth-order valence-electron chi connectivity index (χ4n) is 9.05. The topological polar surface area (TPSA) is 68.2 Å². The molecule has 0 amide bonds. The molecule has 1 aromatic rings. The molecule has 1 heterocycles. The van der Waals surface area contributed by atoms with Crippen molar-refractivity contribution >= 4 is 0 Å². The molecule has 4 fully saturated rings. The van der Waals surface area contributed by atoms with Crippen LogP contribution in [0.3, 0.4) is 0 Å². The number of aryl methyl sites for hydroxylation is 1. The Labute approximate surface area is 178 Å². The Kier molecular flexibility index (Phi) is 3.65. The summed E-state index contributed by atoms with van der Waals surface area (Å²) in [5, 5.41) is 22.9. The van der Waals surface area contributed by atoms with Crippen molar-refractivity contribution in [1.29, 1.82) is 0 Å². The zero-order chi connectivity index (χ0) is 21.2. The van der Waals surface area contributed by atoms with Crippen molar-refractivity contribution in [3.8, 4) is 5.75 Å². The predicted octanol–water partition coefficient (Wildman–Crippen LogP) is 3.55. The van der Waals surface area contributed by atoms with Crippen LogP contribution in [-0.4, -0.2) is 47.0 Å². The second kappa shape index (κ2) is 5.61. The summed E-state index contributed by atoms with van der Waals surface area (Å²) in [6.07, 6.45) is 5.44. The Morgan fingerprint density at radius 3 is 2.67 bits per heavy atom. The molecular weight excluding hydrogens is 380 g/mol. The third-order valence-electron chi connectivity index (χ3n) is 10.1. The van der Waals surface area contributed by atoms with E-state index in [1.807, 2.05) is 13.8 Å². The molecule has 3 saturated carbocycles. The Morgan fingerprint density at radius 2 is 1.93 bits per heavy atom. The molecule has 0 radical (unpaired) electrons. The molecule has 164 valence electrons. The first-order chi connectivity index (χ1) is 14.2. The highest BCUT2D eigenvalue weighted by Crippen LogP contribution is 2.82. The van der Waals surface area contributed by atoms with Gasteiger partial charge in [-0.1, -0.05) is 13.0 Å². The fraction of sp³-hybridized carbons (Fsp3) is 0.760. The second-order valence-corrected chi connectivity index (χ2v) is 11.1. The van der Waals surface area contributed by atoms with Crippen LogP contribution in [0.25, 0.3) is 0 Å². The maximum atomic E-state index is 12.2. The molecular formula is C25H34O5. The minimum Gasteiger partial charge on any atom is -0.497 e. The van der Waals surface area contributed by atoms with Gasteiger partial charge in [-0.15, -0.1) is 0 Å². The summed E-state index contributed by atoms with van der Waals surface area (Å²) in [4.78, 5) is 0. The molecule has 1 aromatic carbocycles. The van der Waals surface area contributed by atoms with Crippen LogP contribution in [0, 0.1) is 16.7 Å². The number of fused-ring (bicyclic) bond motifs is 5. The lowest BCUT2D eigenvalue weighted by Crippen LogP contribution is -2.62. The monoisotopic (exact) mass is 414 g/mol. The predicted molar refractivity (Wildman–Crippen MR) is 111 cm³/mol. The number of rotatable bonds is 2. The molecule has 0 aromatic heterocycles. The third-order valence-corrected chi connectivity index (χ3v) is 10.1. The molecule has 30 heavy (non-hydrogen) atoms. The highest BCUT2D eigenvalue weighted by molar-refractivity contribution is 5.44. The van der Waals surface area contributed by atoms with E-state index in [2.05, 4.69) is 25.1 Å². The first-order valence-electron chi connectivity index (χ1n) is 11.6. The number of methoxy groups -OCH3 is 1. The van der Waals surface area contributed by atoms with Crippen LogP contribution in [0.15, 0.2) is 18.2 Å². The molecule has 5 heteroatoms. The standard InChI is InChI=1S/C25H34O5/c1-21(2)29-20-23-11-12-25(27,24(20,14-26)30-21)22(23,3)10-9-18-17-7-6-16(28-4)13-15(17)5-8-19(18)23/h6-7,13,18-20,26-27H,5,8-12,14H2,1-4H3/t18-,19-,20+,22+,23-,24+,25+/m1/s1. The smallest absolute Gasteiger partial charge is 0.164 e. The Bertz CT molecular complexity index is 913. The van der Waals surface area contributed by atoms with Crippen LogP contribution in [0.5, 0.6) is 5.75 Å². The van der Waals surface area contributed by atoms with E-state index in [4.69, 9.17) is 14.2 Å². The zero-order valence-corrected chi connectivity index (χ0v) is 18.5. The summed E-state index contributed by atoms with van der Waals surface area (Å²) in [5.41, 5.74) is 0.267. The van der Waals surface area contributed by atoms with Crippen LogP contribution in [0.2, 0.25) is 0 Å². The van der Waals surface area contributed by atoms with Crippen LogP contribution in [0.4, 0.5) is 0 Å². The van der Waals surface area contributed by atoms with Crippen molar-refractivity contribution < 1.29 is 24.4 Å². The van der Waals surface area contributed by atoms with Gasteiger partial charge in [0, 0.05) is 10.8 Å². The van der Waals surface area contributed by atoms with Gasteiger partial charge in [-0.3, -0.25) is 0 Å². The molecule has 0 spiro atoms. The van der Waals surface area contributed by atoms with E-state index in [-0.39, 0.29) is 23.5 Å². The van der Waals surface area contributed by atoms with E-state index in [0.29, 0.717) is 18.3 Å². The maximum Gasteiger partial charge on any atom is 0.164 e. The average Bonchev–Trinajstić information content (AvgIpc) is 3.21. The lowest BCUT2D eigenvalue weighted by atomic mass is 9.47. The van der Waals surface area contributed by atoms with Gasteiger partial charge in [-0.2, -0.15) is 0 Å². The van der Waals surface area contributed by atoms with Crippen molar-refractivity contribution in [3.05, 3.63) is 29.3 Å². The molecule has 7 atom stereocenters. The SMILES string of the molecule is COc1ccc2c(c1)CC[C@@H]1[C@@H]2CC[C@@]2(C)[C@]13CC[C@@]2(O)[C@@]1(CO)OC(C)(C)O[C@@H]31. The summed E-state index contributed by atoms with van der Waals surface area (Å²) in [7, 11) is 1.73. The molecule has 5 aliphatic rings. The average molecular weight is 415 g/mol. The number of hydrogen-bond acceptors (Lipinski definition) is 5. The third kappa shape index (κ3) is 1.84. The first kappa shape index (κ1) is 19.5. The van der Waals surface area contributed by atoms with Gasteiger partial charge in [0.05, 0.1) is 13.7 Å². The van der Waals surface area contributed by atoms with E-state index in [1.165, 1.54) is 11.1 Å². The molecule has 2 bridgehead atoms. The van der Waals surface area contributed by atoms with Crippen LogP contribution < -0.4 is 4.74 Å². The van der Waals surface area contributed by atoms with E-state index in [1.54, 1.807) is 7.11 Å². The van der Waals surface area contributed by atoms with Gasteiger partial charge in [0.2, 0.25) is 0 Å². The Hall–Kier alpha value is -1.14. The van der Waals surface area contributed by atoms with E-state index >= 15 is 0 Å². The number of ether oxygens (including phenoxy) is 3. The lowest BCUT2D eigenvalue weighted by molar-refractivity contribution is -0.254. The number of benzene rings is 1. The van der Waals surface area contributed by atoms with Gasteiger partial charge in [-0.05, 0) is 87.5 Å². The molecule has 6 rings (SSSR count). The van der Waals surface area contributed by atoms with E-state index in [0.717, 1.165) is 37.9 Å². The zero-order valence-electron chi connectivity index (χ0n) is 18.5. The van der Waals surface area contributed by atoms with Gasteiger partial charge < -0.3 is 24.4 Å². The minimum atomic E-state index is -1.06. The number of hydrogen-bond donors (Lipinski definition) is 2. The Morgan fingerprint density at radius 1 is 1.13 bits per heavy atom. The van der Waals surface area contributed by atoms with Crippen molar-refractivity contribution in [2.45, 2.75) is 88.3 Å². The number of aliphatic hydroxyl groups excluding tert-OH is 1. The molecule has 0 unspecified atom stereocenters. The van der Waals surface area contributed by atoms with Gasteiger partial charge in [0.1, 0.15) is 17.5 Å². The van der Waals surface area contributed by atoms with Crippen molar-refractivity contribution in [2.75, 3.05) is 13.7 Å². The van der Waals surface area contributed by atoms with Crippen molar-refractivity contribution in [1.82, 2.24) is 0 Å². The molecule has 5 nitrogen and oxygen atoms in total. The molecule has 1 saturated heterocycles. The lowest BCUT2D eigenvalue weighted by Gasteiger charge is -2.57. The van der Waals surface area contributed by atoms with Gasteiger partial charge in [0.15, 0.2) is 11.4 Å². The highest BCUT2D eigenvalue weighted by atomic mass is 16.8. The quantitative estimate of drug-likeness (QED) is 0.775. The normalized spacial score (nSPS) is 49.9. The van der Waals surface area contributed by atoms with E-state index < -0.39 is 17.0 Å². The minimum absolute atomic E-state index is 0.182. The molecule has 1 aliphatic heterocycles. The summed E-state index contributed by atoms with van der Waals surface area (Å²) in [6.45, 7) is 5.90. The maximum absolute atomic E-state index is 12.2. The largest absolute Gasteiger partial charge is 0.497 e. The molecule has 4 aliphatic carbocycles. The fourth-order valence-corrected chi connectivity index (χ4v) is 9.05. The molecule has 2 N–H and O–H groups in total. The van der Waals surface area contributed by atoms with Crippen molar-refractivity contribution in [2.24, 2.45) is 16.7 Å². The van der Waals surface area contributed by atoms with Gasteiger partial charge >= 0.3 is 0 Å². The summed E-state index contributed by atoms with van der Waals surface area (Å²) in [5.74, 6) is 1.00.